The van der Waals surface area contributed by atoms with Gasteiger partial charge < -0.3 is 15.7 Å². The molecule has 2 rings (SSSR count). The molecule has 4 heteroatoms. The van der Waals surface area contributed by atoms with Gasteiger partial charge in [-0.25, -0.2) is 0 Å². The van der Waals surface area contributed by atoms with Crippen LogP contribution in [0.4, 0.5) is 0 Å². The smallest absolute Gasteiger partial charge is 0.173 e. The molecule has 0 aliphatic carbocycles. The minimum atomic E-state index is 0.0297. The molecule has 19 heavy (non-hydrogen) atoms. The van der Waals surface area contributed by atoms with Gasteiger partial charge in [0.1, 0.15) is 11.5 Å². The van der Waals surface area contributed by atoms with E-state index in [0.29, 0.717) is 17.1 Å². The van der Waals surface area contributed by atoms with Gasteiger partial charge in [0.2, 0.25) is 0 Å². The summed E-state index contributed by atoms with van der Waals surface area (Å²) in [7, 11) is 0. The number of hydrogen-bond acceptors (Lipinski definition) is 3. The topological polar surface area (TPSA) is 67.8 Å². The van der Waals surface area contributed by atoms with E-state index in [9.17, 15) is 0 Å². The highest BCUT2D eigenvalue weighted by Gasteiger charge is 2.09. The molecule has 98 valence electrons. The standard InChI is InChI=1S/C15H16N2O2/c1-10-3-6-12(7-4-10)19-14-9-11(2)5-8-13(14)15(16)17-18/h3-9,18H,1-2H3,(H2,16,17). The van der Waals surface area contributed by atoms with Crippen LogP contribution in [0.2, 0.25) is 0 Å². The monoisotopic (exact) mass is 256 g/mol. The van der Waals surface area contributed by atoms with E-state index in [1.807, 2.05) is 50.2 Å². The van der Waals surface area contributed by atoms with Gasteiger partial charge in [0.25, 0.3) is 0 Å². The molecule has 0 heterocycles. The Morgan fingerprint density at radius 2 is 1.68 bits per heavy atom. The maximum atomic E-state index is 8.79. The van der Waals surface area contributed by atoms with Crippen molar-refractivity contribution >= 4 is 5.84 Å². The number of oxime groups is 1. The van der Waals surface area contributed by atoms with Crippen LogP contribution < -0.4 is 10.5 Å². The quantitative estimate of drug-likeness (QED) is 0.383. The summed E-state index contributed by atoms with van der Waals surface area (Å²) >= 11 is 0. The van der Waals surface area contributed by atoms with Crippen LogP contribution in [0.1, 0.15) is 16.7 Å². The Morgan fingerprint density at radius 3 is 2.32 bits per heavy atom. The minimum absolute atomic E-state index is 0.0297. The van der Waals surface area contributed by atoms with E-state index in [1.54, 1.807) is 6.07 Å². The molecule has 4 nitrogen and oxygen atoms in total. The summed E-state index contributed by atoms with van der Waals surface area (Å²) < 4.78 is 5.80. The summed E-state index contributed by atoms with van der Waals surface area (Å²) in [4.78, 5) is 0. The van der Waals surface area contributed by atoms with Gasteiger partial charge in [0.15, 0.2) is 5.84 Å². The molecule has 0 aliphatic heterocycles. The third kappa shape index (κ3) is 3.04. The fourth-order valence-corrected chi connectivity index (χ4v) is 1.71. The normalized spacial score (nSPS) is 11.4. The van der Waals surface area contributed by atoms with Crippen molar-refractivity contribution in [1.82, 2.24) is 0 Å². The molecule has 0 aromatic heterocycles. The Bertz CT molecular complexity index is 604. The fourth-order valence-electron chi connectivity index (χ4n) is 1.71. The predicted octanol–water partition coefficient (Wildman–Crippen LogP) is 3.19. The molecule has 0 unspecified atom stereocenters. The third-order valence-electron chi connectivity index (χ3n) is 2.77. The van der Waals surface area contributed by atoms with Gasteiger partial charge in [-0.05, 0) is 43.7 Å². The highest BCUT2D eigenvalue weighted by atomic mass is 16.5. The van der Waals surface area contributed by atoms with Gasteiger partial charge in [0, 0.05) is 0 Å². The van der Waals surface area contributed by atoms with E-state index in [2.05, 4.69) is 5.16 Å². The number of nitrogens with two attached hydrogens (primary N) is 1. The van der Waals surface area contributed by atoms with Crippen molar-refractivity contribution in [1.29, 1.82) is 0 Å². The molecular formula is C15H16N2O2. The van der Waals surface area contributed by atoms with Crippen molar-refractivity contribution in [2.45, 2.75) is 13.8 Å². The maximum absolute atomic E-state index is 8.79. The minimum Gasteiger partial charge on any atom is -0.457 e. The number of aryl methyl sites for hydroxylation is 2. The van der Waals surface area contributed by atoms with Gasteiger partial charge in [-0.1, -0.05) is 28.9 Å². The molecule has 0 saturated carbocycles. The summed E-state index contributed by atoms with van der Waals surface area (Å²) in [5.74, 6) is 1.31. The summed E-state index contributed by atoms with van der Waals surface area (Å²) in [6.07, 6.45) is 0. The summed E-state index contributed by atoms with van der Waals surface area (Å²) in [6.45, 7) is 3.97. The summed E-state index contributed by atoms with van der Waals surface area (Å²) in [6, 6.07) is 13.2. The van der Waals surface area contributed by atoms with Crippen LogP contribution in [-0.4, -0.2) is 11.0 Å². The number of benzene rings is 2. The van der Waals surface area contributed by atoms with E-state index in [0.717, 1.165) is 11.1 Å². The second-order valence-corrected chi connectivity index (χ2v) is 4.40. The van der Waals surface area contributed by atoms with E-state index >= 15 is 0 Å². The van der Waals surface area contributed by atoms with Crippen molar-refractivity contribution in [2.75, 3.05) is 0 Å². The van der Waals surface area contributed by atoms with Gasteiger partial charge in [-0.2, -0.15) is 0 Å². The second-order valence-electron chi connectivity index (χ2n) is 4.40. The first kappa shape index (κ1) is 13.0. The van der Waals surface area contributed by atoms with Crippen LogP contribution in [0.5, 0.6) is 11.5 Å². The van der Waals surface area contributed by atoms with Crippen molar-refractivity contribution in [3.8, 4) is 11.5 Å². The van der Waals surface area contributed by atoms with Gasteiger partial charge in [0.05, 0.1) is 5.56 Å². The van der Waals surface area contributed by atoms with E-state index in [1.165, 1.54) is 0 Å². The molecule has 0 radical (unpaired) electrons. The first-order chi connectivity index (χ1) is 9.10. The Balaban J connectivity index is 2.38. The SMILES string of the molecule is Cc1ccc(Oc2cc(C)ccc2C(N)=NO)cc1. The van der Waals surface area contributed by atoms with Crippen LogP contribution in [0.3, 0.4) is 0 Å². The molecule has 0 aliphatic rings. The van der Waals surface area contributed by atoms with E-state index in [4.69, 9.17) is 15.7 Å². The summed E-state index contributed by atoms with van der Waals surface area (Å²) in [5.41, 5.74) is 8.41. The lowest BCUT2D eigenvalue weighted by Crippen LogP contribution is -2.14. The maximum Gasteiger partial charge on any atom is 0.173 e. The van der Waals surface area contributed by atoms with Crippen LogP contribution >= 0.6 is 0 Å². The lowest BCUT2D eigenvalue weighted by Gasteiger charge is -2.11. The van der Waals surface area contributed by atoms with Crippen LogP contribution in [0.15, 0.2) is 47.6 Å². The third-order valence-corrected chi connectivity index (χ3v) is 2.77. The first-order valence-corrected chi connectivity index (χ1v) is 5.93. The van der Waals surface area contributed by atoms with Crippen molar-refractivity contribution in [2.24, 2.45) is 10.9 Å². The number of ether oxygens (including phenoxy) is 1. The summed E-state index contributed by atoms with van der Waals surface area (Å²) in [5, 5.41) is 11.8. The Labute approximate surface area is 112 Å². The number of nitrogens with zero attached hydrogens (tertiary/aromatic N) is 1. The fraction of sp³-hybridized carbons (Fsp3) is 0.133. The highest BCUT2D eigenvalue weighted by molar-refractivity contribution is 5.99. The Morgan fingerprint density at radius 1 is 1.05 bits per heavy atom. The molecule has 2 aromatic carbocycles. The zero-order valence-electron chi connectivity index (χ0n) is 10.9. The molecule has 3 N–H and O–H groups in total. The molecule has 0 bridgehead atoms. The predicted molar refractivity (Wildman–Crippen MR) is 74.9 cm³/mol. The number of amidine groups is 1. The zero-order chi connectivity index (χ0) is 13.8. The van der Waals surface area contributed by atoms with Crippen LogP contribution in [-0.2, 0) is 0 Å². The lowest BCUT2D eigenvalue weighted by molar-refractivity contribution is 0.318. The van der Waals surface area contributed by atoms with E-state index < -0.39 is 0 Å². The first-order valence-electron chi connectivity index (χ1n) is 5.93. The second kappa shape index (κ2) is 5.44. The average Bonchev–Trinajstić information content (AvgIpc) is 2.41. The average molecular weight is 256 g/mol. The lowest BCUT2D eigenvalue weighted by atomic mass is 10.1. The number of hydrogen-bond donors (Lipinski definition) is 2. The molecule has 0 saturated heterocycles. The Kier molecular flexibility index (Phi) is 3.71. The highest BCUT2D eigenvalue weighted by Crippen LogP contribution is 2.26. The molecule has 0 spiro atoms. The van der Waals surface area contributed by atoms with E-state index in [-0.39, 0.29) is 5.84 Å². The molecule has 0 atom stereocenters. The largest absolute Gasteiger partial charge is 0.457 e. The van der Waals surface area contributed by atoms with Gasteiger partial charge >= 0.3 is 0 Å². The molecule has 0 fully saturated rings. The van der Waals surface area contributed by atoms with Crippen molar-refractivity contribution in [3.63, 3.8) is 0 Å². The zero-order valence-corrected chi connectivity index (χ0v) is 10.9. The number of rotatable bonds is 3. The van der Waals surface area contributed by atoms with Crippen LogP contribution in [0.25, 0.3) is 0 Å². The van der Waals surface area contributed by atoms with Crippen LogP contribution in [0, 0.1) is 13.8 Å². The molecule has 0 amide bonds. The van der Waals surface area contributed by atoms with Crippen molar-refractivity contribution < 1.29 is 9.94 Å². The van der Waals surface area contributed by atoms with Gasteiger partial charge in [-0.3, -0.25) is 0 Å². The van der Waals surface area contributed by atoms with Gasteiger partial charge in [-0.15, -0.1) is 0 Å². The van der Waals surface area contributed by atoms with Crippen molar-refractivity contribution in [3.05, 3.63) is 59.2 Å². The molecular weight excluding hydrogens is 240 g/mol. The Hall–Kier alpha value is -2.49. The molecule has 2 aromatic rings.